The highest BCUT2D eigenvalue weighted by Gasteiger charge is 2.22. The Kier molecular flexibility index (Phi) is 7.40. The molecule has 12 rings (SSSR count). The highest BCUT2D eigenvalue weighted by Crippen LogP contribution is 2.48. The molecular formula is C54H33N3S. The average molecular weight is 756 g/mol. The van der Waals surface area contributed by atoms with Gasteiger partial charge in [-0.25, -0.2) is 9.97 Å². The second-order valence-corrected chi connectivity index (χ2v) is 16.0. The molecule has 0 saturated carbocycles. The second-order valence-electron chi connectivity index (χ2n) is 14.9. The monoisotopic (exact) mass is 755 g/mol. The van der Waals surface area contributed by atoms with Gasteiger partial charge in [0.15, 0.2) is 5.82 Å². The van der Waals surface area contributed by atoms with Gasteiger partial charge in [0, 0.05) is 58.5 Å². The third-order valence-corrected chi connectivity index (χ3v) is 12.8. The molecule has 0 aliphatic rings. The van der Waals surface area contributed by atoms with E-state index in [-0.39, 0.29) is 0 Å². The molecule has 0 atom stereocenters. The second kappa shape index (κ2) is 13.1. The largest absolute Gasteiger partial charge is 0.309 e. The average Bonchev–Trinajstić information content (AvgIpc) is 3.86. The van der Waals surface area contributed by atoms with Crippen LogP contribution in [0.25, 0.3) is 114 Å². The lowest BCUT2D eigenvalue weighted by molar-refractivity contribution is 1.18. The Labute approximate surface area is 338 Å². The van der Waals surface area contributed by atoms with Gasteiger partial charge in [0.1, 0.15) is 0 Å². The molecule has 0 aliphatic heterocycles. The molecule has 0 spiro atoms. The zero-order valence-electron chi connectivity index (χ0n) is 31.3. The first-order valence-corrected chi connectivity index (χ1v) is 20.5. The number of hydrogen-bond acceptors (Lipinski definition) is 3. The standard InChI is InChI=1S/C54H33N3S/c1-3-15-34(16-4-1)37-31-38(35-17-5-2-6-18-35)33-39(32-37)51-43-21-9-12-24-46(43)55-54(56-51)36-27-29-40(30-28-36)57-47-25-13-10-22-44(47)49-41-19-7-8-20-42(41)53-50(52(49)57)45-23-11-14-26-48(45)58-53/h1-33H. The van der Waals surface area contributed by atoms with E-state index in [1.54, 1.807) is 0 Å². The topological polar surface area (TPSA) is 30.7 Å². The van der Waals surface area contributed by atoms with Crippen molar-refractivity contribution in [1.29, 1.82) is 0 Å². The molecule has 0 N–H and O–H groups in total. The van der Waals surface area contributed by atoms with Crippen molar-refractivity contribution in [1.82, 2.24) is 14.5 Å². The van der Waals surface area contributed by atoms with Crippen LogP contribution in [0.2, 0.25) is 0 Å². The van der Waals surface area contributed by atoms with Crippen LogP contribution in [0.5, 0.6) is 0 Å². The Morgan fingerprint density at radius 3 is 1.67 bits per heavy atom. The number of rotatable bonds is 5. The Balaban J connectivity index is 1.06. The summed E-state index contributed by atoms with van der Waals surface area (Å²) in [6.45, 7) is 0. The number of nitrogens with zero attached hydrogens (tertiary/aromatic N) is 3. The summed E-state index contributed by atoms with van der Waals surface area (Å²) in [5.41, 5.74) is 12.0. The molecule has 0 fully saturated rings. The molecule has 0 aliphatic carbocycles. The summed E-state index contributed by atoms with van der Waals surface area (Å²) >= 11 is 1.89. The lowest BCUT2D eigenvalue weighted by Crippen LogP contribution is -1.97. The van der Waals surface area contributed by atoms with Gasteiger partial charge >= 0.3 is 0 Å². The molecule has 4 heteroatoms. The quantitative estimate of drug-likeness (QED) is 0.175. The van der Waals surface area contributed by atoms with Crippen LogP contribution in [0.15, 0.2) is 200 Å². The van der Waals surface area contributed by atoms with Crippen molar-refractivity contribution in [3.05, 3.63) is 200 Å². The zero-order chi connectivity index (χ0) is 38.2. The van der Waals surface area contributed by atoms with Gasteiger partial charge in [-0.05, 0) is 88.3 Å². The SMILES string of the molecule is c1ccc(-c2cc(-c3ccccc3)cc(-c3nc(-c4ccc(-n5c6ccccc6c6c7ccccc7c7sc8ccccc8c7c65)cc4)nc4ccccc34)c2)cc1. The summed E-state index contributed by atoms with van der Waals surface area (Å²) in [4.78, 5) is 10.6. The molecule has 3 aromatic heterocycles. The van der Waals surface area contributed by atoms with Gasteiger partial charge in [-0.2, -0.15) is 0 Å². The molecule has 9 aromatic carbocycles. The van der Waals surface area contributed by atoms with E-state index < -0.39 is 0 Å². The van der Waals surface area contributed by atoms with Crippen molar-refractivity contribution in [3.8, 4) is 50.6 Å². The molecule has 0 radical (unpaired) electrons. The minimum absolute atomic E-state index is 0.700. The Morgan fingerprint density at radius 2 is 0.948 bits per heavy atom. The molecule has 3 heterocycles. The lowest BCUT2D eigenvalue weighted by Gasteiger charge is -2.14. The van der Waals surface area contributed by atoms with Crippen molar-refractivity contribution in [2.75, 3.05) is 0 Å². The van der Waals surface area contributed by atoms with Gasteiger partial charge in [-0.15, -0.1) is 11.3 Å². The van der Waals surface area contributed by atoms with Crippen LogP contribution >= 0.6 is 11.3 Å². The summed E-state index contributed by atoms with van der Waals surface area (Å²) < 4.78 is 5.10. The van der Waals surface area contributed by atoms with E-state index in [4.69, 9.17) is 9.97 Å². The molecule has 58 heavy (non-hydrogen) atoms. The maximum Gasteiger partial charge on any atom is 0.160 e. The van der Waals surface area contributed by atoms with Crippen LogP contribution in [0.3, 0.4) is 0 Å². The smallest absolute Gasteiger partial charge is 0.160 e. The number of benzene rings is 9. The fourth-order valence-electron chi connectivity index (χ4n) is 8.93. The molecule has 12 aromatic rings. The Bertz CT molecular complexity index is 3490. The molecule has 0 amide bonds. The normalized spacial score (nSPS) is 11.8. The fraction of sp³-hybridized carbons (Fsp3) is 0. The summed E-state index contributed by atoms with van der Waals surface area (Å²) in [5.74, 6) is 0.700. The van der Waals surface area contributed by atoms with Gasteiger partial charge in [0.2, 0.25) is 0 Å². The number of aromatic nitrogens is 3. The highest BCUT2D eigenvalue weighted by molar-refractivity contribution is 7.27. The van der Waals surface area contributed by atoms with E-state index in [9.17, 15) is 0 Å². The van der Waals surface area contributed by atoms with Gasteiger partial charge < -0.3 is 4.57 Å². The summed E-state index contributed by atoms with van der Waals surface area (Å²) in [6, 6.07) is 71.8. The van der Waals surface area contributed by atoms with Gasteiger partial charge in [0.05, 0.1) is 22.2 Å². The zero-order valence-corrected chi connectivity index (χ0v) is 32.1. The van der Waals surface area contributed by atoms with Crippen molar-refractivity contribution in [3.63, 3.8) is 0 Å². The third kappa shape index (κ3) is 5.12. The molecular weight excluding hydrogens is 723 g/mol. The fourth-order valence-corrected chi connectivity index (χ4v) is 10.2. The van der Waals surface area contributed by atoms with Gasteiger partial charge in [-0.3, -0.25) is 0 Å². The molecule has 0 bridgehead atoms. The van der Waals surface area contributed by atoms with Crippen LogP contribution < -0.4 is 0 Å². The van der Waals surface area contributed by atoms with E-state index >= 15 is 0 Å². The Morgan fingerprint density at radius 1 is 0.379 bits per heavy atom. The predicted molar refractivity (Wildman–Crippen MR) is 246 cm³/mol. The van der Waals surface area contributed by atoms with Crippen molar-refractivity contribution < 1.29 is 0 Å². The number of hydrogen-bond donors (Lipinski definition) is 0. The lowest BCUT2D eigenvalue weighted by atomic mass is 9.94. The van der Waals surface area contributed by atoms with Crippen LogP contribution in [-0.2, 0) is 0 Å². The molecule has 0 saturated heterocycles. The van der Waals surface area contributed by atoms with E-state index in [2.05, 4.69) is 205 Å². The first-order valence-electron chi connectivity index (χ1n) is 19.7. The molecule has 3 nitrogen and oxygen atoms in total. The summed E-state index contributed by atoms with van der Waals surface area (Å²) in [5, 5.41) is 8.77. The maximum absolute atomic E-state index is 5.39. The van der Waals surface area contributed by atoms with E-state index in [1.165, 1.54) is 63.9 Å². The predicted octanol–water partition coefficient (Wildman–Crippen LogP) is 14.9. The van der Waals surface area contributed by atoms with Crippen LogP contribution in [0.4, 0.5) is 0 Å². The van der Waals surface area contributed by atoms with Crippen LogP contribution in [0.1, 0.15) is 0 Å². The van der Waals surface area contributed by atoms with Crippen molar-refractivity contribution >= 4 is 75.0 Å². The first kappa shape index (κ1) is 32.8. The van der Waals surface area contributed by atoms with E-state index in [1.807, 2.05) is 11.3 Å². The van der Waals surface area contributed by atoms with E-state index in [0.717, 1.165) is 44.5 Å². The number of para-hydroxylation sites is 2. The first-order chi connectivity index (χ1) is 28.8. The molecule has 0 unspecified atom stereocenters. The van der Waals surface area contributed by atoms with Crippen LogP contribution in [0, 0.1) is 0 Å². The van der Waals surface area contributed by atoms with Crippen LogP contribution in [-0.4, -0.2) is 14.5 Å². The van der Waals surface area contributed by atoms with E-state index in [0.29, 0.717) is 5.82 Å². The summed E-state index contributed by atoms with van der Waals surface area (Å²) in [6.07, 6.45) is 0. The summed E-state index contributed by atoms with van der Waals surface area (Å²) in [7, 11) is 0. The minimum atomic E-state index is 0.700. The molecule has 270 valence electrons. The van der Waals surface area contributed by atoms with Crippen molar-refractivity contribution in [2.45, 2.75) is 0 Å². The van der Waals surface area contributed by atoms with Crippen molar-refractivity contribution in [2.24, 2.45) is 0 Å². The third-order valence-electron chi connectivity index (χ3n) is 11.6. The van der Waals surface area contributed by atoms with Gasteiger partial charge in [-0.1, -0.05) is 140 Å². The maximum atomic E-state index is 5.39. The number of fused-ring (bicyclic) bond motifs is 11. The highest BCUT2D eigenvalue weighted by atomic mass is 32.1. The Hall–Kier alpha value is -7.40. The van der Waals surface area contributed by atoms with Gasteiger partial charge in [0.25, 0.3) is 0 Å². The minimum Gasteiger partial charge on any atom is -0.309 e. The number of thiophene rings is 1.